The Kier molecular flexibility index (Phi) is 4.19. The van der Waals surface area contributed by atoms with E-state index >= 15 is 0 Å². The number of rotatable bonds is 3. The lowest BCUT2D eigenvalue weighted by Gasteiger charge is -2.12. The van der Waals surface area contributed by atoms with Crippen LogP contribution in [0.4, 0.5) is 13.2 Å². The van der Waals surface area contributed by atoms with E-state index in [0.717, 1.165) is 0 Å². The molecule has 86 valence electrons. The molecule has 1 aromatic rings. The molecule has 6 heteroatoms. The fourth-order valence-corrected chi connectivity index (χ4v) is 1.69. The minimum Gasteiger partial charge on any atom is -0.405 e. The van der Waals surface area contributed by atoms with Crippen LogP contribution in [-0.2, 0) is 6.42 Å². The molecule has 0 aliphatic rings. The highest BCUT2D eigenvalue weighted by Crippen LogP contribution is 2.33. The summed E-state index contributed by atoms with van der Waals surface area (Å²) in [5.74, 6) is -0.289. The standard InChI is InChI=1S/C10H7BrF3NO/c11-9-7(4-2-6-15)3-1-5-8(9)16-10(12,13)14/h1,3,5H,2,4H2. The van der Waals surface area contributed by atoms with E-state index in [2.05, 4.69) is 20.7 Å². The van der Waals surface area contributed by atoms with Crippen molar-refractivity contribution in [2.45, 2.75) is 19.2 Å². The van der Waals surface area contributed by atoms with Crippen molar-refractivity contribution >= 4 is 15.9 Å². The number of nitrogens with zero attached hydrogens (tertiary/aromatic N) is 1. The Morgan fingerprint density at radius 2 is 2.06 bits per heavy atom. The normalized spacial score (nSPS) is 10.9. The molecule has 0 saturated carbocycles. The Morgan fingerprint density at radius 1 is 1.38 bits per heavy atom. The molecule has 0 spiro atoms. The number of nitriles is 1. The molecule has 1 rings (SSSR count). The number of aryl methyl sites for hydroxylation is 1. The predicted octanol–water partition coefficient (Wildman–Crippen LogP) is 3.80. The zero-order valence-corrected chi connectivity index (χ0v) is 9.60. The Morgan fingerprint density at radius 3 is 2.62 bits per heavy atom. The fourth-order valence-electron chi connectivity index (χ4n) is 1.14. The van der Waals surface area contributed by atoms with Crippen LogP contribution in [0, 0.1) is 11.3 Å². The Labute approximate surface area is 98.8 Å². The minimum absolute atomic E-state index is 0.238. The van der Waals surface area contributed by atoms with Gasteiger partial charge in [-0.3, -0.25) is 0 Å². The van der Waals surface area contributed by atoms with Crippen molar-refractivity contribution in [1.82, 2.24) is 0 Å². The summed E-state index contributed by atoms with van der Waals surface area (Å²) in [6, 6.07) is 6.24. The van der Waals surface area contributed by atoms with Gasteiger partial charge in [0.2, 0.25) is 0 Å². The minimum atomic E-state index is -4.71. The smallest absolute Gasteiger partial charge is 0.405 e. The van der Waals surface area contributed by atoms with E-state index in [1.54, 1.807) is 6.07 Å². The van der Waals surface area contributed by atoms with Gasteiger partial charge in [-0.2, -0.15) is 5.26 Å². The van der Waals surface area contributed by atoms with Crippen LogP contribution >= 0.6 is 15.9 Å². The molecule has 0 saturated heterocycles. The van der Waals surface area contributed by atoms with Crippen LogP contribution in [0.15, 0.2) is 22.7 Å². The van der Waals surface area contributed by atoms with Gasteiger partial charge in [0.1, 0.15) is 5.75 Å². The first-order chi connectivity index (χ1) is 7.44. The van der Waals surface area contributed by atoms with Crippen LogP contribution in [0.2, 0.25) is 0 Å². The van der Waals surface area contributed by atoms with E-state index in [1.165, 1.54) is 12.1 Å². The summed E-state index contributed by atoms with van der Waals surface area (Å²) in [6.07, 6.45) is -4.09. The SMILES string of the molecule is N#CCCc1cccc(OC(F)(F)F)c1Br. The Bertz CT molecular complexity index is 412. The number of halogens is 4. The first-order valence-corrected chi connectivity index (χ1v) is 5.13. The summed E-state index contributed by atoms with van der Waals surface area (Å²) in [5, 5.41) is 8.40. The first kappa shape index (κ1) is 12.8. The van der Waals surface area contributed by atoms with E-state index in [0.29, 0.717) is 12.0 Å². The van der Waals surface area contributed by atoms with Crippen LogP contribution in [0.25, 0.3) is 0 Å². The zero-order chi connectivity index (χ0) is 12.2. The molecule has 0 bridgehead atoms. The molecule has 0 aliphatic heterocycles. The van der Waals surface area contributed by atoms with Crippen molar-refractivity contribution in [3.8, 4) is 11.8 Å². The third-order valence-corrected chi connectivity index (χ3v) is 2.68. The average Bonchev–Trinajstić information content (AvgIpc) is 2.17. The van der Waals surface area contributed by atoms with Crippen LogP contribution in [0.5, 0.6) is 5.75 Å². The van der Waals surface area contributed by atoms with Gasteiger partial charge in [-0.25, -0.2) is 0 Å². The second-order valence-corrected chi connectivity index (χ2v) is 3.73. The molecule has 0 heterocycles. The van der Waals surface area contributed by atoms with E-state index in [9.17, 15) is 13.2 Å². The van der Waals surface area contributed by atoms with Gasteiger partial charge in [0, 0.05) is 6.42 Å². The van der Waals surface area contributed by atoms with Gasteiger partial charge in [-0.1, -0.05) is 12.1 Å². The maximum Gasteiger partial charge on any atom is 0.573 e. The zero-order valence-electron chi connectivity index (χ0n) is 8.01. The van der Waals surface area contributed by atoms with E-state index in [-0.39, 0.29) is 16.6 Å². The predicted molar refractivity (Wildman–Crippen MR) is 54.8 cm³/mol. The molecule has 0 N–H and O–H groups in total. The summed E-state index contributed by atoms with van der Waals surface area (Å²) in [5.41, 5.74) is 0.614. The van der Waals surface area contributed by atoms with Crippen LogP contribution in [-0.4, -0.2) is 6.36 Å². The molecule has 0 aromatic heterocycles. The van der Waals surface area contributed by atoms with Crippen molar-refractivity contribution in [2.24, 2.45) is 0 Å². The topological polar surface area (TPSA) is 33.0 Å². The molecule has 0 fully saturated rings. The number of alkyl halides is 3. The van der Waals surface area contributed by atoms with Gasteiger partial charge in [-0.05, 0) is 34.0 Å². The molecule has 0 radical (unpaired) electrons. The number of hydrogen-bond donors (Lipinski definition) is 0. The summed E-state index contributed by atoms with van der Waals surface area (Å²) >= 11 is 3.03. The largest absolute Gasteiger partial charge is 0.573 e. The summed E-state index contributed by atoms with van der Waals surface area (Å²) < 4.78 is 40.1. The molecule has 0 atom stereocenters. The summed E-state index contributed by atoms with van der Waals surface area (Å²) in [4.78, 5) is 0. The summed E-state index contributed by atoms with van der Waals surface area (Å²) in [7, 11) is 0. The third-order valence-electron chi connectivity index (χ3n) is 1.78. The molecule has 16 heavy (non-hydrogen) atoms. The quantitative estimate of drug-likeness (QED) is 0.849. The van der Waals surface area contributed by atoms with Crippen LogP contribution < -0.4 is 4.74 Å². The van der Waals surface area contributed by atoms with Crippen molar-refractivity contribution < 1.29 is 17.9 Å². The van der Waals surface area contributed by atoms with Gasteiger partial charge in [-0.15, -0.1) is 13.2 Å². The lowest BCUT2D eigenvalue weighted by atomic mass is 10.1. The maximum atomic E-state index is 12.0. The van der Waals surface area contributed by atoms with Crippen molar-refractivity contribution in [1.29, 1.82) is 5.26 Å². The second-order valence-electron chi connectivity index (χ2n) is 2.94. The third kappa shape index (κ3) is 3.74. The highest BCUT2D eigenvalue weighted by atomic mass is 79.9. The number of ether oxygens (including phenoxy) is 1. The lowest BCUT2D eigenvalue weighted by Crippen LogP contribution is -2.17. The Balaban J connectivity index is 2.91. The molecule has 0 unspecified atom stereocenters. The molecular formula is C10H7BrF3NO. The van der Waals surface area contributed by atoms with Crippen molar-refractivity contribution in [2.75, 3.05) is 0 Å². The van der Waals surface area contributed by atoms with Crippen molar-refractivity contribution in [3.05, 3.63) is 28.2 Å². The first-order valence-electron chi connectivity index (χ1n) is 4.34. The van der Waals surface area contributed by atoms with E-state index in [4.69, 9.17) is 5.26 Å². The average molecular weight is 294 g/mol. The summed E-state index contributed by atoms with van der Waals surface area (Å²) in [6.45, 7) is 0. The lowest BCUT2D eigenvalue weighted by molar-refractivity contribution is -0.274. The molecule has 2 nitrogen and oxygen atoms in total. The van der Waals surface area contributed by atoms with Crippen LogP contribution in [0.1, 0.15) is 12.0 Å². The monoisotopic (exact) mass is 293 g/mol. The van der Waals surface area contributed by atoms with Gasteiger partial charge in [0.15, 0.2) is 0 Å². The fraction of sp³-hybridized carbons (Fsp3) is 0.300. The van der Waals surface area contributed by atoms with Gasteiger partial charge >= 0.3 is 6.36 Å². The Hall–Kier alpha value is -1.22. The highest BCUT2D eigenvalue weighted by Gasteiger charge is 2.32. The number of hydrogen-bond acceptors (Lipinski definition) is 2. The van der Waals surface area contributed by atoms with Gasteiger partial charge in [0.05, 0.1) is 10.5 Å². The molecule has 0 aliphatic carbocycles. The van der Waals surface area contributed by atoms with Gasteiger partial charge in [0.25, 0.3) is 0 Å². The second kappa shape index (κ2) is 5.21. The van der Waals surface area contributed by atoms with Crippen molar-refractivity contribution in [3.63, 3.8) is 0 Å². The molecule has 0 amide bonds. The highest BCUT2D eigenvalue weighted by molar-refractivity contribution is 9.10. The maximum absolute atomic E-state index is 12.0. The number of benzene rings is 1. The van der Waals surface area contributed by atoms with Gasteiger partial charge < -0.3 is 4.74 Å². The molecule has 1 aromatic carbocycles. The van der Waals surface area contributed by atoms with E-state index in [1.807, 2.05) is 6.07 Å². The van der Waals surface area contributed by atoms with E-state index < -0.39 is 6.36 Å². The van der Waals surface area contributed by atoms with Crippen LogP contribution in [0.3, 0.4) is 0 Å². The molecular weight excluding hydrogens is 287 g/mol.